The monoisotopic (exact) mass is 255 g/mol. The molecule has 1 aromatic rings. The fraction of sp³-hybridized carbons (Fsp3) is 0.500. The van der Waals surface area contributed by atoms with Crippen molar-refractivity contribution in [2.45, 2.75) is 12.6 Å². The first kappa shape index (κ1) is 12.9. The Bertz CT molecular complexity index is 410. The van der Waals surface area contributed by atoms with Crippen LogP contribution in [0.25, 0.3) is 0 Å². The summed E-state index contributed by atoms with van der Waals surface area (Å²) < 4.78 is 16.0. The largest absolute Gasteiger partial charge is 0.490 e. The Balaban J connectivity index is 2.15. The van der Waals surface area contributed by atoms with E-state index in [1.807, 2.05) is 13.1 Å². The van der Waals surface area contributed by atoms with Gasteiger partial charge in [0.25, 0.3) is 0 Å². The van der Waals surface area contributed by atoms with Crippen LogP contribution in [0.4, 0.5) is 0 Å². The van der Waals surface area contributed by atoms with Gasteiger partial charge in [0.2, 0.25) is 6.79 Å². The third-order valence-corrected chi connectivity index (χ3v) is 2.56. The molecular formula is C12H17NO5. The average Bonchev–Trinajstić information content (AvgIpc) is 2.83. The SMILES string of the molecule is CNCc1cc2c(cc1OCC(O)CO)OCO2. The van der Waals surface area contributed by atoms with Crippen molar-refractivity contribution < 1.29 is 24.4 Å². The van der Waals surface area contributed by atoms with Gasteiger partial charge in [-0.25, -0.2) is 0 Å². The lowest BCUT2D eigenvalue weighted by Crippen LogP contribution is -2.22. The van der Waals surface area contributed by atoms with Crippen molar-refractivity contribution in [3.63, 3.8) is 0 Å². The zero-order valence-electron chi connectivity index (χ0n) is 10.2. The van der Waals surface area contributed by atoms with Gasteiger partial charge in [-0.1, -0.05) is 0 Å². The van der Waals surface area contributed by atoms with Gasteiger partial charge in [-0.2, -0.15) is 0 Å². The van der Waals surface area contributed by atoms with Crippen LogP contribution in [-0.2, 0) is 6.54 Å². The average molecular weight is 255 g/mol. The second-order valence-electron chi connectivity index (χ2n) is 3.99. The third kappa shape index (κ3) is 2.84. The normalized spacial score (nSPS) is 14.6. The van der Waals surface area contributed by atoms with E-state index in [-0.39, 0.29) is 20.0 Å². The lowest BCUT2D eigenvalue weighted by atomic mass is 10.1. The van der Waals surface area contributed by atoms with Gasteiger partial charge in [0, 0.05) is 18.2 Å². The van der Waals surface area contributed by atoms with E-state index in [1.165, 1.54) is 0 Å². The van der Waals surface area contributed by atoms with Gasteiger partial charge < -0.3 is 29.7 Å². The summed E-state index contributed by atoms with van der Waals surface area (Å²) in [7, 11) is 1.83. The van der Waals surface area contributed by atoms with Crippen molar-refractivity contribution in [2.24, 2.45) is 0 Å². The quantitative estimate of drug-likeness (QED) is 0.657. The molecule has 0 amide bonds. The van der Waals surface area contributed by atoms with E-state index in [0.29, 0.717) is 23.8 Å². The van der Waals surface area contributed by atoms with E-state index < -0.39 is 6.10 Å². The highest BCUT2D eigenvalue weighted by Crippen LogP contribution is 2.38. The van der Waals surface area contributed by atoms with E-state index in [1.54, 1.807) is 6.07 Å². The number of rotatable bonds is 6. The van der Waals surface area contributed by atoms with Crippen LogP contribution in [0.15, 0.2) is 12.1 Å². The zero-order valence-corrected chi connectivity index (χ0v) is 10.2. The van der Waals surface area contributed by atoms with Crippen LogP contribution < -0.4 is 19.5 Å². The number of aliphatic hydroxyl groups excluding tert-OH is 2. The molecule has 0 aromatic heterocycles. The first-order chi connectivity index (χ1) is 8.74. The van der Waals surface area contributed by atoms with E-state index >= 15 is 0 Å². The number of fused-ring (bicyclic) bond motifs is 1. The van der Waals surface area contributed by atoms with E-state index in [9.17, 15) is 5.11 Å². The maximum Gasteiger partial charge on any atom is 0.231 e. The van der Waals surface area contributed by atoms with Gasteiger partial charge in [0.15, 0.2) is 11.5 Å². The van der Waals surface area contributed by atoms with Crippen LogP contribution in [0, 0.1) is 0 Å². The van der Waals surface area contributed by atoms with Crippen molar-refractivity contribution in [3.8, 4) is 17.2 Å². The van der Waals surface area contributed by atoms with Gasteiger partial charge in [-0.05, 0) is 13.1 Å². The molecule has 1 aliphatic rings. The first-order valence-corrected chi connectivity index (χ1v) is 5.73. The van der Waals surface area contributed by atoms with Crippen molar-refractivity contribution >= 4 is 0 Å². The molecule has 1 aromatic carbocycles. The molecule has 1 atom stereocenters. The molecular weight excluding hydrogens is 238 g/mol. The topological polar surface area (TPSA) is 80.2 Å². The van der Waals surface area contributed by atoms with Gasteiger partial charge in [0.1, 0.15) is 18.5 Å². The molecule has 1 aliphatic heterocycles. The molecule has 0 spiro atoms. The number of hydrogen-bond acceptors (Lipinski definition) is 6. The number of aliphatic hydroxyl groups is 2. The maximum absolute atomic E-state index is 9.29. The fourth-order valence-electron chi connectivity index (χ4n) is 1.67. The molecule has 100 valence electrons. The molecule has 0 fully saturated rings. The molecule has 1 heterocycles. The number of benzene rings is 1. The van der Waals surface area contributed by atoms with Crippen molar-refractivity contribution in [2.75, 3.05) is 27.1 Å². The summed E-state index contributed by atoms with van der Waals surface area (Å²) in [6.07, 6.45) is -0.891. The third-order valence-electron chi connectivity index (χ3n) is 2.56. The van der Waals surface area contributed by atoms with Gasteiger partial charge in [-0.3, -0.25) is 0 Å². The van der Waals surface area contributed by atoms with Gasteiger partial charge in [0.05, 0.1) is 6.61 Å². The maximum atomic E-state index is 9.29. The van der Waals surface area contributed by atoms with Gasteiger partial charge >= 0.3 is 0 Å². The molecule has 0 bridgehead atoms. The lowest BCUT2D eigenvalue weighted by molar-refractivity contribution is 0.0532. The summed E-state index contributed by atoms with van der Waals surface area (Å²) in [5, 5.41) is 21.1. The second kappa shape index (κ2) is 5.90. The number of nitrogens with one attached hydrogen (secondary N) is 1. The predicted molar refractivity (Wildman–Crippen MR) is 63.9 cm³/mol. The van der Waals surface area contributed by atoms with Crippen molar-refractivity contribution in [1.29, 1.82) is 0 Å². The number of ether oxygens (including phenoxy) is 3. The van der Waals surface area contributed by atoms with Crippen LogP contribution in [0.1, 0.15) is 5.56 Å². The van der Waals surface area contributed by atoms with Gasteiger partial charge in [-0.15, -0.1) is 0 Å². The minimum Gasteiger partial charge on any atom is -0.490 e. The summed E-state index contributed by atoms with van der Waals surface area (Å²) in [6.45, 7) is 0.525. The first-order valence-electron chi connectivity index (χ1n) is 5.73. The molecule has 3 N–H and O–H groups in total. The molecule has 1 unspecified atom stereocenters. The minimum atomic E-state index is -0.891. The molecule has 0 saturated carbocycles. The summed E-state index contributed by atoms with van der Waals surface area (Å²) in [6, 6.07) is 3.58. The smallest absolute Gasteiger partial charge is 0.231 e. The van der Waals surface area contributed by atoms with Crippen LogP contribution in [0.2, 0.25) is 0 Å². The second-order valence-corrected chi connectivity index (χ2v) is 3.99. The Morgan fingerprint density at radius 1 is 1.39 bits per heavy atom. The highest BCUT2D eigenvalue weighted by Gasteiger charge is 2.18. The lowest BCUT2D eigenvalue weighted by Gasteiger charge is -2.14. The van der Waals surface area contributed by atoms with Crippen LogP contribution in [-0.4, -0.2) is 43.4 Å². The number of hydrogen-bond donors (Lipinski definition) is 3. The Morgan fingerprint density at radius 3 is 2.78 bits per heavy atom. The molecule has 0 radical (unpaired) electrons. The van der Waals surface area contributed by atoms with E-state index in [0.717, 1.165) is 5.56 Å². The predicted octanol–water partition coefficient (Wildman–Crippen LogP) is -0.133. The summed E-state index contributed by atoms with van der Waals surface area (Å²) >= 11 is 0. The zero-order chi connectivity index (χ0) is 13.0. The molecule has 0 saturated heterocycles. The van der Waals surface area contributed by atoms with Crippen LogP contribution in [0.3, 0.4) is 0 Å². The molecule has 6 heteroatoms. The standard InChI is InChI=1S/C12H17NO5/c1-13-4-8-2-11-12(18-7-17-11)3-10(8)16-6-9(15)5-14/h2-3,9,13-15H,4-7H2,1H3. The Kier molecular flexibility index (Phi) is 4.24. The summed E-state index contributed by atoms with van der Waals surface area (Å²) in [4.78, 5) is 0. The Labute approximate surface area is 105 Å². The van der Waals surface area contributed by atoms with Crippen molar-refractivity contribution in [1.82, 2.24) is 5.32 Å². The molecule has 0 aliphatic carbocycles. The molecule has 18 heavy (non-hydrogen) atoms. The highest BCUT2D eigenvalue weighted by molar-refractivity contribution is 5.51. The van der Waals surface area contributed by atoms with Crippen molar-refractivity contribution in [3.05, 3.63) is 17.7 Å². The van der Waals surface area contributed by atoms with Crippen LogP contribution >= 0.6 is 0 Å². The fourth-order valence-corrected chi connectivity index (χ4v) is 1.67. The molecule has 6 nitrogen and oxygen atoms in total. The Morgan fingerprint density at radius 2 is 2.11 bits per heavy atom. The van der Waals surface area contributed by atoms with E-state index in [2.05, 4.69) is 5.32 Å². The molecule has 2 rings (SSSR count). The summed E-state index contributed by atoms with van der Waals surface area (Å²) in [5.41, 5.74) is 0.909. The Hall–Kier alpha value is -1.50. The van der Waals surface area contributed by atoms with E-state index in [4.69, 9.17) is 19.3 Å². The minimum absolute atomic E-state index is 0.0346. The summed E-state index contributed by atoms with van der Waals surface area (Å²) in [5.74, 6) is 1.93. The highest BCUT2D eigenvalue weighted by atomic mass is 16.7. The van der Waals surface area contributed by atoms with Crippen LogP contribution in [0.5, 0.6) is 17.2 Å².